The van der Waals surface area contributed by atoms with Crippen molar-refractivity contribution in [3.8, 4) is 0 Å². The van der Waals surface area contributed by atoms with Crippen molar-refractivity contribution < 1.29 is 4.74 Å². The van der Waals surface area contributed by atoms with Gasteiger partial charge in [0, 0.05) is 30.5 Å². The lowest BCUT2D eigenvalue weighted by Crippen LogP contribution is -2.38. The maximum absolute atomic E-state index is 12.5. The second-order valence-corrected chi connectivity index (χ2v) is 6.00. The molecular weight excluding hydrogens is 320 g/mol. The summed E-state index contributed by atoms with van der Waals surface area (Å²) < 4.78 is 7.19. The average molecular weight is 337 g/mol. The predicted molar refractivity (Wildman–Crippen MR) is 82.3 cm³/mol. The molecule has 1 fully saturated rings. The number of ether oxygens (including phenoxy) is 1. The number of halogens is 1. The Morgan fingerprint density at radius 1 is 1.30 bits per heavy atom. The second kappa shape index (κ2) is 5.66. The van der Waals surface area contributed by atoms with Crippen molar-refractivity contribution in [3.05, 3.63) is 40.9 Å². The van der Waals surface area contributed by atoms with E-state index in [1.807, 2.05) is 24.3 Å². The SMILES string of the molecule is O=c1c2ccccc2ncn1CC1(CBr)CCOCC1. The van der Waals surface area contributed by atoms with E-state index in [-0.39, 0.29) is 11.0 Å². The van der Waals surface area contributed by atoms with Crippen molar-refractivity contribution in [3.63, 3.8) is 0 Å². The van der Waals surface area contributed by atoms with Gasteiger partial charge in [0.25, 0.3) is 5.56 Å². The molecule has 20 heavy (non-hydrogen) atoms. The summed E-state index contributed by atoms with van der Waals surface area (Å²) in [6.07, 6.45) is 3.61. The molecule has 0 saturated carbocycles. The molecule has 4 nitrogen and oxygen atoms in total. The molecular formula is C15H17BrN2O2. The Balaban J connectivity index is 1.98. The molecule has 106 valence electrons. The molecule has 0 bridgehead atoms. The van der Waals surface area contributed by atoms with Gasteiger partial charge in [-0.25, -0.2) is 4.98 Å². The van der Waals surface area contributed by atoms with E-state index in [1.54, 1.807) is 10.9 Å². The summed E-state index contributed by atoms with van der Waals surface area (Å²) in [4.78, 5) is 16.9. The summed E-state index contributed by atoms with van der Waals surface area (Å²) in [5.41, 5.74) is 0.891. The molecule has 1 saturated heterocycles. The molecule has 0 spiro atoms. The maximum atomic E-state index is 12.5. The Labute approximate surface area is 125 Å². The summed E-state index contributed by atoms with van der Waals surface area (Å²) in [6.45, 7) is 2.22. The van der Waals surface area contributed by atoms with E-state index in [2.05, 4.69) is 20.9 Å². The quantitative estimate of drug-likeness (QED) is 0.809. The lowest BCUT2D eigenvalue weighted by molar-refractivity contribution is 0.0181. The zero-order valence-electron chi connectivity index (χ0n) is 11.2. The molecule has 3 rings (SSSR count). The summed E-state index contributed by atoms with van der Waals surface area (Å²) in [6, 6.07) is 7.49. The highest BCUT2D eigenvalue weighted by atomic mass is 79.9. The van der Waals surface area contributed by atoms with E-state index >= 15 is 0 Å². The molecule has 2 heterocycles. The van der Waals surface area contributed by atoms with Crippen LogP contribution in [-0.2, 0) is 11.3 Å². The minimum atomic E-state index is 0.0439. The van der Waals surface area contributed by atoms with Crippen LogP contribution in [0.4, 0.5) is 0 Å². The van der Waals surface area contributed by atoms with Crippen LogP contribution in [-0.4, -0.2) is 28.1 Å². The first kappa shape index (κ1) is 13.8. The number of nitrogens with zero attached hydrogens (tertiary/aromatic N) is 2. The van der Waals surface area contributed by atoms with Crippen LogP contribution in [0.2, 0.25) is 0 Å². The van der Waals surface area contributed by atoms with E-state index < -0.39 is 0 Å². The fourth-order valence-corrected chi connectivity index (χ4v) is 3.46. The average Bonchev–Trinajstić information content (AvgIpc) is 2.51. The fourth-order valence-electron chi connectivity index (χ4n) is 2.72. The van der Waals surface area contributed by atoms with Crippen molar-refractivity contribution in [1.29, 1.82) is 0 Å². The topological polar surface area (TPSA) is 44.1 Å². The molecule has 2 aromatic rings. The van der Waals surface area contributed by atoms with Crippen LogP contribution < -0.4 is 5.56 Å². The van der Waals surface area contributed by atoms with Crippen molar-refractivity contribution in [2.45, 2.75) is 19.4 Å². The Morgan fingerprint density at radius 3 is 2.80 bits per heavy atom. The van der Waals surface area contributed by atoms with Crippen molar-refractivity contribution >= 4 is 26.8 Å². The maximum Gasteiger partial charge on any atom is 0.261 e. The summed E-state index contributed by atoms with van der Waals surface area (Å²) >= 11 is 3.61. The smallest absolute Gasteiger partial charge is 0.261 e. The van der Waals surface area contributed by atoms with E-state index in [1.165, 1.54) is 0 Å². The van der Waals surface area contributed by atoms with Gasteiger partial charge in [-0.1, -0.05) is 28.1 Å². The van der Waals surface area contributed by atoms with Gasteiger partial charge in [-0.3, -0.25) is 9.36 Å². The first-order valence-corrected chi connectivity index (χ1v) is 7.94. The lowest BCUT2D eigenvalue weighted by atomic mass is 9.82. The van der Waals surface area contributed by atoms with Crippen LogP contribution in [0.5, 0.6) is 0 Å². The highest BCUT2D eigenvalue weighted by Crippen LogP contribution is 2.34. The van der Waals surface area contributed by atoms with Gasteiger partial charge in [0.05, 0.1) is 17.2 Å². The standard InChI is InChI=1S/C15H17BrN2O2/c16-9-15(5-7-20-8-6-15)10-18-11-17-13-4-2-1-3-12(13)14(18)19/h1-4,11H,5-10H2. The third-order valence-corrected chi connectivity index (χ3v) is 5.26. The van der Waals surface area contributed by atoms with Gasteiger partial charge in [0.2, 0.25) is 0 Å². The number of aromatic nitrogens is 2. The molecule has 1 aromatic carbocycles. The highest BCUT2D eigenvalue weighted by Gasteiger charge is 2.32. The molecule has 5 heteroatoms. The van der Waals surface area contributed by atoms with Crippen LogP contribution in [0.25, 0.3) is 10.9 Å². The number of hydrogen-bond donors (Lipinski definition) is 0. The Kier molecular flexibility index (Phi) is 3.89. The third kappa shape index (κ3) is 2.52. The molecule has 0 unspecified atom stereocenters. The Morgan fingerprint density at radius 2 is 2.05 bits per heavy atom. The zero-order valence-corrected chi connectivity index (χ0v) is 12.8. The van der Waals surface area contributed by atoms with Crippen LogP contribution in [0.3, 0.4) is 0 Å². The van der Waals surface area contributed by atoms with Crippen molar-refractivity contribution in [2.24, 2.45) is 5.41 Å². The number of benzene rings is 1. The van der Waals surface area contributed by atoms with Crippen molar-refractivity contribution in [2.75, 3.05) is 18.5 Å². The van der Waals surface area contributed by atoms with E-state index in [9.17, 15) is 4.79 Å². The molecule has 0 aliphatic carbocycles. The van der Waals surface area contributed by atoms with Crippen LogP contribution in [0, 0.1) is 5.41 Å². The number of rotatable bonds is 3. The number of fused-ring (bicyclic) bond motifs is 1. The molecule has 1 aromatic heterocycles. The number of alkyl halides is 1. The number of para-hydroxylation sites is 1. The third-order valence-electron chi connectivity index (χ3n) is 4.07. The minimum Gasteiger partial charge on any atom is -0.381 e. The van der Waals surface area contributed by atoms with E-state index in [0.717, 1.165) is 36.9 Å². The van der Waals surface area contributed by atoms with E-state index in [0.29, 0.717) is 11.9 Å². The van der Waals surface area contributed by atoms with Crippen LogP contribution >= 0.6 is 15.9 Å². The van der Waals surface area contributed by atoms with Crippen LogP contribution in [0.15, 0.2) is 35.4 Å². The monoisotopic (exact) mass is 336 g/mol. The zero-order chi connectivity index (χ0) is 14.0. The summed E-state index contributed by atoms with van der Waals surface area (Å²) in [7, 11) is 0. The van der Waals surface area contributed by atoms with Crippen molar-refractivity contribution in [1.82, 2.24) is 9.55 Å². The van der Waals surface area contributed by atoms with Gasteiger partial charge in [-0.2, -0.15) is 0 Å². The summed E-state index contributed by atoms with van der Waals surface area (Å²) in [5.74, 6) is 0. The summed E-state index contributed by atoms with van der Waals surface area (Å²) in [5, 5.41) is 1.56. The predicted octanol–water partition coefficient (Wildman–Crippen LogP) is 2.59. The first-order chi connectivity index (χ1) is 9.74. The molecule has 0 amide bonds. The van der Waals surface area contributed by atoms with Gasteiger partial charge in [0.1, 0.15) is 0 Å². The van der Waals surface area contributed by atoms with Crippen LogP contribution in [0.1, 0.15) is 12.8 Å². The number of hydrogen-bond acceptors (Lipinski definition) is 3. The van der Waals surface area contributed by atoms with E-state index in [4.69, 9.17) is 4.74 Å². The normalized spacial score (nSPS) is 18.2. The molecule has 0 radical (unpaired) electrons. The molecule has 0 atom stereocenters. The lowest BCUT2D eigenvalue weighted by Gasteiger charge is -2.35. The molecule has 1 aliphatic heterocycles. The van der Waals surface area contributed by atoms with Gasteiger partial charge in [-0.15, -0.1) is 0 Å². The largest absolute Gasteiger partial charge is 0.381 e. The van der Waals surface area contributed by atoms with Gasteiger partial charge in [0.15, 0.2) is 0 Å². The minimum absolute atomic E-state index is 0.0439. The Bertz CT molecular complexity index is 662. The molecule has 1 aliphatic rings. The van der Waals surface area contributed by atoms with Gasteiger partial charge < -0.3 is 4.74 Å². The Hall–Kier alpha value is -1.20. The second-order valence-electron chi connectivity index (χ2n) is 5.44. The van der Waals surface area contributed by atoms with Gasteiger partial charge >= 0.3 is 0 Å². The first-order valence-electron chi connectivity index (χ1n) is 6.82. The fraction of sp³-hybridized carbons (Fsp3) is 0.467. The highest BCUT2D eigenvalue weighted by molar-refractivity contribution is 9.09. The molecule has 0 N–H and O–H groups in total. The van der Waals surface area contributed by atoms with Gasteiger partial charge in [-0.05, 0) is 25.0 Å².